The van der Waals surface area contributed by atoms with Gasteiger partial charge in [-0.3, -0.25) is 0 Å². The van der Waals surface area contributed by atoms with Crippen LogP contribution >= 0.6 is 0 Å². The lowest BCUT2D eigenvalue weighted by Crippen LogP contribution is -2.25. The molecule has 17 heavy (non-hydrogen) atoms. The highest BCUT2D eigenvalue weighted by molar-refractivity contribution is 5.27. The van der Waals surface area contributed by atoms with Crippen molar-refractivity contribution in [3.63, 3.8) is 0 Å². The minimum absolute atomic E-state index is 0.617. The van der Waals surface area contributed by atoms with Gasteiger partial charge < -0.3 is 5.11 Å². The van der Waals surface area contributed by atoms with Crippen LogP contribution in [-0.2, 0) is 12.0 Å². The van der Waals surface area contributed by atoms with Gasteiger partial charge in [-0.2, -0.15) is 0 Å². The summed E-state index contributed by atoms with van der Waals surface area (Å²) in [4.78, 5) is 0. The molecule has 0 atom stereocenters. The second kappa shape index (κ2) is 6.80. The van der Waals surface area contributed by atoms with E-state index in [4.69, 9.17) is 0 Å². The first-order valence-electron chi connectivity index (χ1n) is 6.98. The fraction of sp³-hybridized carbons (Fsp3) is 0.625. The molecular weight excluding hydrogens is 208 g/mol. The van der Waals surface area contributed by atoms with Crippen molar-refractivity contribution < 1.29 is 5.11 Å². The van der Waals surface area contributed by atoms with Gasteiger partial charge in [-0.25, -0.2) is 0 Å². The molecule has 1 rings (SSSR count). The lowest BCUT2D eigenvalue weighted by atomic mass is 9.85. The van der Waals surface area contributed by atoms with Crippen LogP contribution in [0.2, 0.25) is 0 Å². The molecule has 0 aliphatic rings. The second-order valence-corrected chi connectivity index (χ2v) is 4.98. The first kappa shape index (κ1) is 14.2. The van der Waals surface area contributed by atoms with E-state index >= 15 is 0 Å². The SMILES string of the molecule is CCCc1ccc(C(O)(CCC)CCC)cc1. The lowest BCUT2D eigenvalue weighted by molar-refractivity contribution is 0.0170. The van der Waals surface area contributed by atoms with Crippen molar-refractivity contribution >= 4 is 0 Å². The van der Waals surface area contributed by atoms with Crippen molar-refractivity contribution in [3.05, 3.63) is 35.4 Å². The molecule has 0 aliphatic heterocycles. The van der Waals surface area contributed by atoms with E-state index in [1.165, 1.54) is 12.0 Å². The van der Waals surface area contributed by atoms with Crippen LogP contribution in [0.15, 0.2) is 24.3 Å². The van der Waals surface area contributed by atoms with Gasteiger partial charge in [-0.05, 0) is 30.4 Å². The average Bonchev–Trinajstić information content (AvgIpc) is 2.31. The monoisotopic (exact) mass is 234 g/mol. The number of aryl methyl sites for hydroxylation is 1. The summed E-state index contributed by atoms with van der Waals surface area (Å²) in [7, 11) is 0. The van der Waals surface area contributed by atoms with Crippen LogP contribution in [0.1, 0.15) is 64.0 Å². The summed E-state index contributed by atoms with van der Waals surface area (Å²) in [5.74, 6) is 0. The Labute approximate surface area is 106 Å². The number of hydrogen-bond acceptors (Lipinski definition) is 1. The van der Waals surface area contributed by atoms with Crippen LogP contribution < -0.4 is 0 Å². The van der Waals surface area contributed by atoms with Crippen LogP contribution in [0.4, 0.5) is 0 Å². The molecule has 1 nitrogen and oxygen atoms in total. The standard InChI is InChI=1S/C16H26O/c1-4-7-14-8-10-15(11-9-14)16(17,12-5-2)13-6-3/h8-11,17H,4-7,12-13H2,1-3H3. The topological polar surface area (TPSA) is 20.2 Å². The van der Waals surface area contributed by atoms with Gasteiger partial charge in [0.15, 0.2) is 0 Å². The van der Waals surface area contributed by atoms with E-state index in [1.807, 2.05) is 0 Å². The summed E-state index contributed by atoms with van der Waals surface area (Å²) in [5.41, 5.74) is 1.83. The van der Waals surface area contributed by atoms with E-state index in [2.05, 4.69) is 45.0 Å². The first-order valence-corrected chi connectivity index (χ1v) is 6.98. The molecule has 1 N–H and O–H groups in total. The highest BCUT2D eigenvalue weighted by atomic mass is 16.3. The predicted molar refractivity (Wildman–Crippen MR) is 74.1 cm³/mol. The van der Waals surface area contributed by atoms with Crippen molar-refractivity contribution in [3.8, 4) is 0 Å². The smallest absolute Gasteiger partial charge is 0.0896 e. The molecule has 0 fully saturated rings. The molecule has 0 saturated heterocycles. The Bertz CT molecular complexity index is 307. The Kier molecular flexibility index (Phi) is 5.70. The Morgan fingerprint density at radius 1 is 0.882 bits per heavy atom. The Balaban J connectivity index is 2.87. The first-order chi connectivity index (χ1) is 8.16. The second-order valence-electron chi connectivity index (χ2n) is 4.98. The van der Waals surface area contributed by atoms with Gasteiger partial charge in [0.2, 0.25) is 0 Å². The fourth-order valence-corrected chi connectivity index (χ4v) is 2.51. The summed E-state index contributed by atoms with van der Waals surface area (Å²) in [6, 6.07) is 8.54. The Morgan fingerprint density at radius 3 is 1.82 bits per heavy atom. The normalized spacial score (nSPS) is 11.8. The van der Waals surface area contributed by atoms with Crippen LogP contribution in [0, 0.1) is 0 Å². The Hall–Kier alpha value is -0.820. The molecule has 0 saturated carbocycles. The summed E-state index contributed by atoms with van der Waals surface area (Å²) >= 11 is 0. The van der Waals surface area contributed by atoms with Gasteiger partial charge in [0.05, 0.1) is 5.60 Å². The maximum Gasteiger partial charge on any atom is 0.0896 e. The van der Waals surface area contributed by atoms with Crippen molar-refractivity contribution in [1.29, 1.82) is 0 Å². The lowest BCUT2D eigenvalue weighted by Gasteiger charge is -2.28. The maximum absolute atomic E-state index is 10.7. The molecule has 96 valence electrons. The van der Waals surface area contributed by atoms with Gasteiger partial charge in [-0.1, -0.05) is 64.3 Å². The van der Waals surface area contributed by atoms with Gasteiger partial charge in [0.25, 0.3) is 0 Å². The third-order valence-corrected chi connectivity index (χ3v) is 3.36. The summed E-state index contributed by atoms with van der Waals surface area (Å²) in [5, 5.41) is 10.7. The largest absolute Gasteiger partial charge is 0.385 e. The molecule has 1 aromatic carbocycles. The molecule has 0 radical (unpaired) electrons. The molecule has 0 spiro atoms. The summed E-state index contributed by atoms with van der Waals surface area (Å²) < 4.78 is 0. The van der Waals surface area contributed by atoms with Crippen LogP contribution in [-0.4, -0.2) is 5.11 Å². The molecule has 0 bridgehead atoms. The van der Waals surface area contributed by atoms with E-state index in [0.29, 0.717) is 0 Å². The minimum atomic E-state index is -0.617. The molecule has 0 unspecified atom stereocenters. The number of hydrogen-bond donors (Lipinski definition) is 1. The minimum Gasteiger partial charge on any atom is -0.385 e. The number of rotatable bonds is 7. The zero-order valence-corrected chi connectivity index (χ0v) is 11.5. The molecule has 0 aliphatic carbocycles. The fourth-order valence-electron chi connectivity index (χ4n) is 2.51. The third kappa shape index (κ3) is 3.85. The predicted octanol–water partition coefficient (Wildman–Crippen LogP) is 4.43. The van der Waals surface area contributed by atoms with E-state index in [-0.39, 0.29) is 0 Å². The summed E-state index contributed by atoms with van der Waals surface area (Å²) in [6.45, 7) is 6.45. The van der Waals surface area contributed by atoms with Gasteiger partial charge in [0, 0.05) is 0 Å². The van der Waals surface area contributed by atoms with Crippen LogP contribution in [0.3, 0.4) is 0 Å². The van der Waals surface area contributed by atoms with E-state index in [0.717, 1.165) is 37.7 Å². The van der Waals surface area contributed by atoms with Gasteiger partial charge >= 0.3 is 0 Å². The highest BCUT2D eigenvalue weighted by Crippen LogP contribution is 2.31. The third-order valence-electron chi connectivity index (χ3n) is 3.36. The maximum atomic E-state index is 10.7. The van der Waals surface area contributed by atoms with Crippen molar-refractivity contribution in [1.82, 2.24) is 0 Å². The van der Waals surface area contributed by atoms with Gasteiger partial charge in [0.1, 0.15) is 0 Å². The number of benzene rings is 1. The summed E-state index contributed by atoms with van der Waals surface area (Å²) in [6.07, 6.45) is 6.05. The van der Waals surface area contributed by atoms with Crippen LogP contribution in [0.5, 0.6) is 0 Å². The van der Waals surface area contributed by atoms with Gasteiger partial charge in [-0.15, -0.1) is 0 Å². The average molecular weight is 234 g/mol. The number of aliphatic hydroxyl groups is 1. The van der Waals surface area contributed by atoms with E-state index in [1.54, 1.807) is 0 Å². The molecule has 1 aromatic rings. The quantitative estimate of drug-likeness (QED) is 0.740. The molecule has 0 aromatic heterocycles. The molecule has 0 heterocycles. The zero-order chi connectivity index (χ0) is 12.7. The van der Waals surface area contributed by atoms with Crippen molar-refractivity contribution in [2.75, 3.05) is 0 Å². The van der Waals surface area contributed by atoms with E-state index < -0.39 is 5.60 Å². The molecular formula is C16H26O. The van der Waals surface area contributed by atoms with Crippen LogP contribution in [0.25, 0.3) is 0 Å². The Morgan fingerprint density at radius 2 is 1.41 bits per heavy atom. The van der Waals surface area contributed by atoms with Crippen molar-refractivity contribution in [2.45, 2.75) is 64.9 Å². The van der Waals surface area contributed by atoms with Crippen molar-refractivity contribution in [2.24, 2.45) is 0 Å². The highest BCUT2D eigenvalue weighted by Gasteiger charge is 2.26. The van der Waals surface area contributed by atoms with E-state index in [9.17, 15) is 5.11 Å². The molecule has 0 amide bonds. The zero-order valence-electron chi connectivity index (χ0n) is 11.5. The molecule has 1 heteroatoms.